The second-order valence-corrected chi connectivity index (χ2v) is 5.03. The minimum atomic E-state index is -5.83. The van der Waals surface area contributed by atoms with Crippen molar-refractivity contribution in [3.63, 3.8) is 0 Å². The lowest BCUT2D eigenvalue weighted by atomic mass is 9.87. The van der Waals surface area contributed by atoms with Crippen molar-refractivity contribution in [2.24, 2.45) is 0 Å². The van der Waals surface area contributed by atoms with Crippen molar-refractivity contribution >= 4 is 21.6 Å². The normalized spacial score (nSPS) is 15.8. The van der Waals surface area contributed by atoms with Crippen LogP contribution in [0.25, 0.3) is 0 Å². The van der Waals surface area contributed by atoms with Gasteiger partial charge in [0.05, 0.1) is 0 Å². The van der Waals surface area contributed by atoms with Crippen molar-refractivity contribution in [1.82, 2.24) is 0 Å². The van der Waals surface area contributed by atoms with Gasteiger partial charge in [0.1, 0.15) is 0 Å². The number of alkyl halides is 6. The third-order valence-corrected chi connectivity index (χ3v) is 3.50. The predicted molar refractivity (Wildman–Crippen MR) is 67.3 cm³/mol. The highest BCUT2D eigenvalue weighted by Gasteiger charge is 2.71. The second kappa shape index (κ2) is 4.98. The lowest BCUT2D eigenvalue weighted by molar-refractivity contribution is -0.296. The van der Waals surface area contributed by atoms with Crippen LogP contribution in [0.2, 0.25) is 0 Å². The van der Waals surface area contributed by atoms with Crippen LogP contribution >= 0.6 is 15.9 Å². The summed E-state index contributed by atoms with van der Waals surface area (Å²) in [6, 6.07) is 1.23. The summed E-state index contributed by atoms with van der Waals surface area (Å²) in [5.41, 5.74) is -0.558. The molecule has 8 heteroatoms. The average molecular weight is 362 g/mol. The zero-order valence-electron chi connectivity index (χ0n) is 10.2. The number of aryl methyl sites for hydroxylation is 1. The van der Waals surface area contributed by atoms with Crippen molar-refractivity contribution in [2.75, 3.05) is 5.73 Å². The van der Waals surface area contributed by atoms with E-state index in [1.807, 2.05) is 0 Å². The van der Waals surface area contributed by atoms with Gasteiger partial charge in [-0.3, -0.25) is 0 Å². The van der Waals surface area contributed by atoms with Crippen LogP contribution < -0.4 is 5.73 Å². The molecule has 0 aliphatic carbocycles. The highest BCUT2D eigenvalue weighted by Crippen LogP contribution is 2.53. The first kappa shape index (κ1) is 16.9. The van der Waals surface area contributed by atoms with E-state index >= 15 is 0 Å². The van der Waals surface area contributed by atoms with Crippen LogP contribution in [0, 0.1) is 6.92 Å². The number of hydrogen-bond acceptors (Lipinski definition) is 1. The Hall–Kier alpha value is -1.18. The fourth-order valence-electron chi connectivity index (χ4n) is 1.64. The van der Waals surface area contributed by atoms with Gasteiger partial charge in [0.2, 0.25) is 0 Å². The molecule has 0 aliphatic rings. The van der Waals surface area contributed by atoms with Crippen LogP contribution in [0.4, 0.5) is 32.0 Å². The molecule has 1 atom stereocenters. The molecule has 0 amide bonds. The van der Waals surface area contributed by atoms with E-state index in [0.717, 1.165) is 0 Å². The van der Waals surface area contributed by atoms with E-state index in [1.54, 1.807) is 0 Å². The Balaban J connectivity index is 3.69. The summed E-state index contributed by atoms with van der Waals surface area (Å²) >= 11 is 2.82. The molecular formula is C12H10BrF6N. The number of anilines is 1. The Morgan fingerprint density at radius 2 is 1.65 bits per heavy atom. The molecule has 0 bridgehead atoms. The first-order chi connectivity index (χ1) is 8.88. The zero-order chi connectivity index (χ0) is 15.9. The number of hydrogen-bond donors (Lipinski definition) is 1. The van der Waals surface area contributed by atoms with Crippen molar-refractivity contribution in [3.8, 4) is 0 Å². The number of halogens is 7. The molecule has 1 nitrogen and oxygen atoms in total. The summed E-state index contributed by atoms with van der Waals surface area (Å²) in [6.07, 6.45) is -6.19. The molecule has 0 saturated heterocycles. The number of rotatable bonds is 3. The SMILES string of the molecule is C=CC(F)(F)C(F)(c1cc(C)c(N)c(Br)c1)C(F)(F)F. The Morgan fingerprint density at radius 1 is 1.15 bits per heavy atom. The minimum Gasteiger partial charge on any atom is -0.398 e. The predicted octanol–water partition coefficient (Wildman–Crippen LogP) is 4.89. The topological polar surface area (TPSA) is 26.0 Å². The number of allylic oxidation sites excluding steroid dienone is 1. The molecule has 0 aliphatic heterocycles. The molecule has 0 heterocycles. The summed E-state index contributed by atoms with van der Waals surface area (Å²) in [5, 5.41) is 0. The first-order valence-corrected chi connectivity index (χ1v) is 6.01. The molecule has 1 aromatic carbocycles. The quantitative estimate of drug-likeness (QED) is 0.463. The average Bonchev–Trinajstić information content (AvgIpc) is 2.32. The summed E-state index contributed by atoms with van der Waals surface area (Å²) < 4.78 is 79.8. The maximum Gasteiger partial charge on any atom is 0.433 e. The fraction of sp³-hybridized carbons (Fsp3) is 0.333. The van der Waals surface area contributed by atoms with Crippen molar-refractivity contribution in [1.29, 1.82) is 0 Å². The summed E-state index contributed by atoms with van der Waals surface area (Å²) in [4.78, 5) is 0. The molecule has 1 aromatic rings. The third kappa shape index (κ3) is 2.41. The van der Waals surface area contributed by atoms with Gasteiger partial charge in [-0.1, -0.05) is 12.6 Å². The van der Waals surface area contributed by atoms with Gasteiger partial charge in [-0.25, -0.2) is 4.39 Å². The zero-order valence-corrected chi connectivity index (χ0v) is 11.7. The molecule has 1 rings (SSSR count). The minimum absolute atomic E-state index is 0.0418. The molecule has 2 N–H and O–H groups in total. The van der Waals surface area contributed by atoms with Gasteiger partial charge in [-0.15, -0.1) is 0 Å². The molecule has 0 aromatic heterocycles. The van der Waals surface area contributed by atoms with Crippen molar-refractivity contribution in [3.05, 3.63) is 40.4 Å². The summed E-state index contributed by atoms with van der Waals surface area (Å²) in [5.74, 6) is -4.83. The van der Waals surface area contributed by atoms with Gasteiger partial charge in [-0.2, -0.15) is 22.0 Å². The fourth-order valence-corrected chi connectivity index (χ4v) is 2.20. The molecule has 20 heavy (non-hydrogen) atoms. The Bertz CT molecular complexity index is 516. The third-order valence-electron chi connectivity index (χ3n) is 2.84. The molecule has 1 unspecified atom stereocenters. The number of nitrogen functional groups attached to an aromatic ring is 1. The van der Waals surface area contributed by atoms with E-state index in [0.29, 0.717) is 12.1 Å². The van der Waals surface area contributed by atoms with E-state index in [2.05, 4.69) is 22.5 Å². The van der Waals surface area contributed by atoms with Crippen LogP contribution in [-0.2, 0) is 5.67 Å². The molecule has 0 radical (unpaired) electrons. The second-order valence-electron chi connectivity index (χ2n) is 4.17. The van der Waals surface area contributed by atoms with Gasteiger partial charge < -0.3 is 5.73 Å². The van der Waals surface area contributed by atoms with E-state index < -0.39 is 23.3 Å². The van der Waals surface area contributed by atoms with Crippen LogP contribution in [0.5, 0.6) is 0 Å². The van der Waals surface area contributed by atoms with Crippen molar-refractivity contribution < 1.29 is 26.3 Å². The molecule has 0 fully saturated rings. The van der Waals surface area contributed by atoms with Gasteiger partial charge in [-0.05, 0) is 40.6 Å². The van der Waals surface area contributed by atoms with E-state index in [4.69, 9.17) is 5.73 Å². The Labute approximate surface area is 119 Å². The van der Waals surface area contributed by atoms with E-state index in [1.165, 1.54) is 6.92 Å². The lowest BCUT2D eigenvalue weighted by Crippen LogP contribution is -2.51. The lowest BCUT2D eigenvalue weighted by Gasteiger charge is -2.34. The molecule has 0 spiro atoms. The Kier molecular flexibility index (Phi) is 4.20. The standard InChI is InChI=1S/C12H10BrF6N/c1-3-10(14,15)11(16,12(17,18)19)7-4-6(2)9(20)8(13)5-7/h3-5H,1,20H2,2H3. The van der Waals surface area contributed by atoms with Gasteiger partial charge in [0.15, 0.2) is 0 Å². The largest absolute Gasteiger partial charge is 0.433 e. The Morgan fingerprint density at radius 3 is 2.00 bits per heavy atom. The molecule has 112 valence electrons. The summed E-state index contributed by atoms with van der Waals surface area (Å²) in [6.45, 7) is 3.86. The van der Waals surface area contributed by atoms with Gasteiger partial charge in [0, 0.05) is 15.7 Å². The molecule has 0 saturated carbocycles. The van der Waals surface area contributed by atoms with Crippen LogP contribution in [0.15, 0.2) is 29.3 Å². The maximum absolute atomic E-state index is 14.3. The monoisotopic (exact) mass is 361 g/mol. The smallest absolute Gasteiger partial charge is 0.398 e. The highest BCUT2D eigenvalue weighted by atomic mass is 79.9. The van der Waals surface area contributed by atoms with Crippen LogP contribution in [0.3, 0.4) is 0 Å². The van der Waals surface area contributed by atoms with E-state index in [-0.39, 0.29) is 21.8 Å². The van der Waals surface area contributed by atoms with Gasteiger partial charge >= 0.3 is 12.1 Å². The number of benzene rings is 1. The van der Waals surface area contributed by atoms with Gasteiger partial charge in [0.25, 0.3) is 5.67 Å². The number of nitrogens with two attached hydrogens (primary N) is 1. The van der Waals surface area contributed by atoms with Crippen molar-refractivity contribution in [2.45, 2.75) is 24.7 Å². The maximum atomic E-state index is 14.3. The van der Waals surface area contributed by atoms with E-state index in [9.17, 15) is 26.3 Å². The first-order valence-electron chi connectivity index (χ1n) is 5.21. The highest BCUT2D eigenvalue weighted by molar-refractivity contribution is 9.10. The van der Waals surface area contributed by atoms with Crippen LogP contribution in [0.1, 0.15) is 11.1 Å². The molecular weight excluding hydrogens is 352 g/mol. The summed E-state index contributed by atoms with van der Waals surface area (Å²) in [7, 11) is 0. The van der Waals surface area contributed by atoms with Crippen LogP contribution in [-0.4, -0.2) is 12.1 Å².